The van der Waals surface area contributed by atoms with Crippen LogP contribution < -0.4 is 5.32 Å². The number of aromatic nitrogens is 4. The molecule has 0 aliphatic heterocycles. The summed E-state index contributed by atoms with van der Waals surface area (Å²) in [6.07, 6.45) is 9.95. The minimum absolute atomic E-state index is 0.171. The molecule has 7 heteroatoms. The third-order valence-corrected chi connectivity index (χ3v) is 3.19. The van der Waals surface area contributed by atoms with Crippen molar-refractivity contribution < 1.29 is 4.79 Å². The predicted octanol–water partition coefficient (Wildman–Crippen LogP) is 1.81. The normalized spacial score (nSPS) is 10.4. The molecule has 108 valence electrons. The summed E-state index contributed by atoms with van der Waals surface area (Å²) in [5.41, 5.74) is 1.78. The summed E-state index contributed by atoms with van der Waals surface area (Å²) in [6.45, 7) is 0.171. The summed E-state index contributed by atoms with van der Waals surface area (Å²) < 4.78 is 1.71. The fraction of sp³-hybridized carbons (Fsp3) is 0.0667. The Kier molecular flexibility index (Phi) is 3.73. The summed E-state index contributed by atoms with van der Waals surface area (Å²) in [6, 6.07) is 5.10. The number of hydrogen-bond acceptors (Lipinski definition) is 4. The van der Waals surface area contributed by atoms with E-state index in [-0.39, 0.29) is 12.5 Å². The molecule has 3 aromatic rings. The first-order chi connectivity index (χ1) is 10.7. The van der Waals surface area contributed by atoms with Crippen LogP contribution in [0.15, 0.2) is 36.8 Å². The lowest BCUT2D eigenvalue weighted by atomic mass is 10.2. The molecule has 0 spiro atoms. The minimum Gasteiger partial charge on any atom is -0.341 e. The fourth-order valence-electron chi connectivity index (χ4n) is 1.99. The van der Waals surface area contributed by atoms with Crippen molar-refractivity contribution in [3.05, 3.63) is 47.4 Å². The third kappa shape index (κ3) is 2.62. The molecule has 0 fully saturated rings. The average Bonchev–Trinajstić information content (AvgIpc) is 2.95. The zero-order valence-electron chi connectivity index (χ0n) is 11.3. The summed E-state index contributed by atoms with van der Waals surface area (Å²) in [5.74, 6) is 2.65. The molecule has 22 heavy (non-hydrogen) atoms. The molecule has 6 nitrogen and oxygen atoms in total. The number of nitrogens with zero attached hydrogens (tertiary/aromatic N) is 4. The van der Waals surface area contributed by atoms with Crippen LogP contribution in [0, 0.1) is 12.3 Å². The molecule has 0 radical (unpaired) electrons. The van der Waals surface area contributed by atoms with E-state index in [1.165, 1.54) is 6.20 Å². The number of fused-ring (bicyclic) bond motifs is 1. The van der Waals surface area contributed by atoms with Gasteiger partial charge >= 0.3 is 0 Å². The first-order valence-electron chi connectivity index (χ1n) is 6.36. The lowest BCUT2D eigenvalue weighted by Gasteiger charge is -2.04. The van der Waals surface area contributed by atoms with Gasteiger partial charge in [-0.2, -0.15) is 0 Å². The van der Waals surface area contributed by atoms with Crippen LogP contribution in [0.1, 0.15) is 10.4 Å². The van der Waals surface area contributed by atoms with E-state index in [2.05, 4.69) is 26.4 Å². The van der Waals surface area contributed by atoms with Crippen molar-refractivity contribution in [2.24, 2.45) is 0 Å². The Morgan fingerprint density at radius 2 is 2.23 bits per heavy atom. The van der Waals surface area contributed by atoms with Gasteiger partial charge in [-0.1, -0.05) is 17.5 Å². The van der Waals surface area contributed by atoms with Crippen molar-refractivity contribution in [3.63, 3.8) is 0 Å². The highest BCUT2D eigenvalue weighted by Crippen LogP contribution is 2.21. The molecule has 0 bridgehead atoms. The highest BCUT2D eigenvalue weighted by Gasteiger charge is 2.12. The maximum absolute atomic E-state index is 12.0. The molecule has 0 atom stereocenters. The molecule has 3 rings (SSSR count). The number of amides is 1. The fourth-order valence-corrected chi connectivity index (χ4v) is 2.16. The summed E-state index contributed by atoms with van der Waals surface area (Å²) in [7, 11) is 0. The van der Waals surface area contributed by atoms with E-state index in [0.29, 0.717) is 27.6 Å². The summed E-state index contributed by atoms with van der Waals surface area (Å²) in [5, 5.41) is 11.3. The van der Waals surface area contributed by atoms with E-state index < -0.39 is 0 Å². The molecular formula is C15H10ClN5O. The van der Waals surface area contributed by atoms with Gasteiger partial charge in [-0.3, -0.25) is 14.2 Å². The lowest BCUT2D eigenvalue weighted by molar-refractivity contribution is 0.0958. The molecule has 0 unspecified atom stereocenters. The Bertz CT molecular complexity index is 896. The standard InChI is InChI=1S/C15H10ClN5O/c1-2-5-18-15(22)10-3-4-13-19-20-14(21(13)9-10)11-6-12(16)8-17-7-11/h1,3-4,6-9H,5H2,(H,18,22). The van der Waals surface area contributed by atoms with Crippen molar-refractivity contribution >= 4 is 23.2 Å². The van der Waals surface area contributed by atoms with E-state index in [9.17, 15) is 4.79 Å². The number of pyridine rings is 2. The van der Waals surface area contributed by atoms with Crippen molar-refractivity contribution in [2.75, 3.05) is 6.54 Å². The summed E-state index contributed by atoms with van der Waals surface area (Å²) >= 11 is 5.95. The highest BCUT2D eigenvalue weighted by molar-refractivity contribution is 6.30. The van der Waals surface area contributed by atoms with E-state index in [1.54, 1.807) is 35.0 Å². The second-order valence-corrected chi connectivity index (χ2v) is 4.88. The first kappa shape index (κ1) is 14.0. The van der Waals surface area contributed by atoms with Crippen LogP contribution in [0.2, 0.25) is 5.02 Å². The lowest BCUT2D eigenvalue weighted by Crippen LogP contribution is -2.23. The zero-order chi connectivity index (χ0) is 15.5. The van der Waals surface area contributed by atoms with Crippen LogP contribution in [0.4, 0.5) is 0 Å². The van der Waals surface area contributed by atoms with Gasteiger partial charge in [-0.25, -0.2) is 0 Å². The van der Waals surface area contributed by atoms with E-state index in [1.807, 2.05) is 0 Å². The van der Waals surface area contributed by atoms with E-state index in [4.69, 9.17) is 18.0 Å². The predicted molar refractivity (Wildman–Crippen MR) is 82.4 cm³/mol. The third-order valence-electron chi connectivity index (χ3n) is 2.98. The van der Waals surface area contributed by atoms with Gasteiger partial charge in [0.05, 0.1) is 17.1 Å². The second-order valence-electron chi connectivity index (χ2n) is 4.45. The topological polar surface area (TPSA) is 72.2 Å². The molecular weight excluding hydrogens is 302 g/mol. The van der Waals surface area contributed by atoms with E-state index in [0.717, 1.165) is 0 Å². The maximum atomic E-state index is 12.0. The molecule has 3 aromatic heterocycles. The van der Waals surface area contributed by atoms with Crippen LogP contribution in [-0.4, -0.2) is 32.0 Å². The monoisotopic (exact) mass is 311 g/mol. The van der Waals surface area contributed by atoms with Gasteiger partial charge in [-0.05, 0) is 18.2 Å². The van der Waals surface area contributed by atoms with Crippen LogP contribution in [0.25, 0.3) is 17.0 Å². The molecule has 1 N–H and O–H groups in total. The van der Waals surface area contributed by atoms with Gasteiger partial charge < -0.3 is 5.32 Å². The van der Waals surface area contributed by atoms with Crippen molar-refractivity contribution in [1.82, 2.24) is 24.9 Å². The second kappa shape index (κ2) is 5.84. The van der Waals surface area contributed by atoms with Gasteiger partial charge in [-0.15, -0.1) is 16.6 Å². The Morgan fingerprint density at radius 3 is 3.00 bits per heavy atom. The Hall–Kier alpha value is -2.91. The highest BCUT2D eigenvalue weighted by atomic mass is 35.5. The van der Waals surface area contributed by atoms with E-state index >= 15 is 0 Å². The Balaban J connectivity index is 2.06. The van der Waals surface area contributed by atoms with Crippen molar-refractivity contribution in [3.8, 4) is 23.7 Å². The molecule has 0 aliphatic rings. The number of carbonyl (C=O) groups is 1. The van der Waals surface area contributed by atoms with Gasteiger partial charge in [0.2, 0.25) is 0 Å². The summed E-state index contributed by atoms with van der Waals surface area (Å²) in [4.78, 5) is 16.0. The smallest absolute Gasteiger partial charge is 0.253 e. The molecule has 0 aromatic carbocycles. The van der Waals surface area contributed by atoms with Crippen molar-refractivity contribution in [2.45, 2.75) is 0 Å². The number of halogens is 1. The SMILES string of the molecule is C#CCNC(=O)c1ccc2nnc(-c3cncc(Cl)c3)n2c1. The van der Waals surface area contributed by atoms with Gasteiger partial charge in [0, 0.05) is 24.2 Å². The Morgan fingerprint density at radius 1 is 1.36 bits per heavy atom. The van der Waals surface area contributed by atoms with Gasteiger partial charge in [0.1, 0.15) is 0 Å². The first-order valence-corrected chi connectivity index (χ1v) is 6.74. The minimum atomic E-state index is -0.260. The number of carbonyl (C=O) groups excluding carboxylic acids is 1. The quantitative estimate of drug-likeness (QED) is 0.749. The average molecular weight is 312 g/mol. The number of terminal acetylenes is 1. The van der Waals surface area contributed by atoms with Crippen LogP contribution >= 0.6 is 11.6 Å². The maximum Gasteiger partial charge on any atom is 0.253 e. The molecule has 1 amide bonds. The van der Waals surface area contributed by atoms with Crippen molar-refractivity contribution in [1.29, 1.82) is 0 Å². The molecule has 3 heterocycles. The van der Waals surface area contributed by atoms with Gasteiger partial charge in [0.15, 0.2) is 11.5 Å². The number of rotatable bonds is 3. The van der Waals surface area contributed by atoms with Crippen LogP contribution in [0.3, 0.4) is 0 Å². The largest absolute Gasteiger partial charge is 0.341 e. The van der Waals surface area contributed by atoms with Crippen LogP contribution in [0.5, 0.6) is 0 Å². The Labute approximate surface area is 131 Å². The number of nitrogens with one attached hydrogen (secondary N) is 1. The van der Waals surface area contributed by atoms with Crippen LogP contribution in [-0.2, 0) is 0 Å². The molecule has 0 saturated heterocycles. The molecule has 0 aliphatic carbocycles. The van der Waals surface area contributed by atoms with Gasteiger partial charge in [0.25, 0.3) is 5.91 Å². The molecule has 0 saturated carbocycles. The number of hydrogen-bond donors (Lipinski definition) is 1. The zero-order valence-corrected chi connectivity index (χ0v) is 12.1.